The predicted octanol–water partition coefficient (Wildman–Crippen LogP) is 1.25. The van der Waals surface area contributed by atoms with Gasteiger partial charge in [0.15, 0.2) is 16.3 Å². The van der Waals surface area contributed by atoms with Gasteiger partial charge >= 0.3 is 5.97 Å². The molecule has 0 fully saturated rings. The SMILES string of the molecule is CCC(=O)OBr. The molecule has 0 aromatic rings. The van der Waals surface area contributed by atoms with Gasteiger partial charge in [-0.15, -0.1) is 0 Å². The zero-order valence-corrected chi connectivity index (χ0v) is 4.99. The summed E-state index contributed by atoms with van der Waals surface area (Å²) in [4.78, 5) is 9.91. The lowest BCUT2D eigenvalue weighted by Gasteiger charge is -1.83. The molecule has 6 heavy (non-hydrogen) atoms. The quantitative estimate of drug-likeness (QED) is 0.566. The Morgan fingerprint density at radius 1 is 2.00 bits per heavy atom. The maximum atomic E-state index is 9.91. The third-order valence-corrected chi connectivity index (χ3v) is 0.736. The molecule has 0 aromatic heterocycles. The highest BCUT2D eigenvalue weighted by atomic mass is 79.9. The molecule has 0 radical (unpaired) electrons. The fourth-order valence-corrected chi connectivity index (χ4v) is 0.283. The molecular formula is C3H5BrO2. The largest absolute Gasteiger partial charge is 0.384 e. The normalized spacial score (nSPS) is 7.67. The standard InChI is InChI=1S/C3H5BrO2/c1-2-3(5)6-4/h2H2,1H3. The lowest BCUT2D eigenvalue weighted by molar-refractivity contribution is -0.131. The van der Waals surface area contributed by atoms with E-state index in [0.717, 1.165) is 0 Å². The maximum Gasteiger partial charge on any atom is 0.316 e. The topological polar surface area (TPSA) is 26.3 Å². The molecule has 0 atom stereocenters. The van der Waals surface area contributed by atoms with E-state index in [4.69, 9.17) is 0 Å². The summed E-state index contributed by atoms with van der Waals surface area (Å²) in [7, 11) is 0. The molecule has 0 aliphatic carbocycles. The average Bonchev–Trinajstić information content (AvgIpc) is 1.65. The van der Waals surface area contributed by atoms with Crippen molar-refractivity contribution in [1.82, 2.24) is 0 Å². The number of carbonyl (C=O) groups is 1. The minimum atomic E-state index is -0.241. The molecule has 0 aliphatic heterocycles. The van der Waals surface area contributed by atoms with Crippen LogP contribution in [0.15, 0.2) is 0 Å². The molecule has 0 rings (SSSR count). The molecular weight excluding hydrogens is 148 g/mol. The number of carbonyl (C=O) groups excluding carboxylic acids is 1. The van der Waals surface area contributed by atoms with E-state index in [-0.39, 0.29) is 5.97 Å². The molecule has 0 saturated heterocycles. The van der Waals surface area contributed by atoms with Gasteiger partial charge in [0.05, 0.1) is 0 Å². The third kappa shape index (κ3) is 2.20. The highest BCUT2D eigenvalue weighted by Crippen LogP contribution is 1.88. The first-order chi connectivity index (χ1) is 2.81. The van der Waals surface area contributed by atoms with Gasteiger partial charge in [-0.05, 0) is 0 Å². The van der Waals surface area contributed by atoms with Crippen molar-refractivity contribution in [3.8, 4) is 0 Å². The molecule has 0 aliphatic rings. The van der Waals surface area contributed by atoms with E-state index in [0.29, 0.717) is 6.42 Å². The van der Waals surface area contributed by atoms with Crippen LogP contribution in [0.5, 0.6) is 0 Å². The van der Waals surface area contributed by atoms with Crippen LogP contribution in [0.1, 0.15) is 13.3 Å². The van der Waals surface area contributed by atoms with Crippen molar-refractivity contribution in [1.29, 1.82) is 0 Å². The number of hydrogen-bond donors (Lipinski definition) is 0. The second kappa shape index (κ2) is 3.15. The predicted molar refractivity (Wildman–Crippen MR) is 25.3 cm³/mol. The van der Waals surface area contributed by atoms with Crippen molar-refractivity contribution in [3.63, 3.8) is 0 Å². The van der Waals surface area contributed by atoms with E-state index in [1.54, 1.807) is 6.92 Å². The molecule has 3 heteroatoms. The number of halogens is 1. The van der Waals surface area contributed by atoms with E-state index in [1.165, 1.54) is 0 Å². The zero-order chi connectivity index (χ0) is 4.99. The smallest absolute Gasteiger partial charge is 0.316 e. The summed E-state index contributed by atoms with van der Waals surface area (Å²) in [6.45, 7) is 1.73. The van der Waals surface area contributed by atoms with E-state index >= 15 is 0 Å². The van der Waals surface area contributed by atoms with E-state index in [9.17, 15) is 4.79 Å². The third-order valence-electron chi connectivity index (χ3n) is 0.375. The summed E-state index contributed by atoms with van der Waals surface area (Å²) < 4.78 is 4.07. The minimum Gasteiger partial charge on any atom is -0.384 e. The molecule has 0 spiro atoms. The van der Waals surface area contributed by atoms with Gasteiger partial charge in [-0.3, -0.25) is 4.79 Å². The Balaban J connectivity index is 2.99. The number of hydrogen-bond acceptors (Lipinski definition) is 2. The Kier molecular flexibility index (Phi) is 3.13. The van der Waals surface area contributed by atoms with Gasteiger partial charge in [-0.1, -0.05) is 6.92 Å². The minimum absolute atomic E-state index is 0.241. The lowest BCUT2D eigenvalue weighted by atomic mass is 10.5. The lowest BCUT2D eigenvalue weighted by Crippen LogP contribution is -1.89. The summed E-state index contributed by atoms with van der Waals surface area (Å²) in [6, 6.07) is 0. The molecule has 0 unspecified atom stereocenters. The van der Waals surface area contributed by atoms with Crippen LogP contribution in [0.4, 0.5) is 0 Å². The number of rotatable bonds is 1. The Bertz CT molecular complexity index is 46.8. The van der Waals surface area contributed by atoms with Gasteiger partial charge in [0.1, 0.15) is 0 Å². The van der Waals surface area contributed by atoms with Crippen LogP contribution in [0.3, 0.4) is 0 Å². The molecule has 36 valence electrons. The first kappa shape index (κ1) is 5.95. The Labute approximate surface area is 44.9 Å². The Hall–Kier alpha value is -0.0500. The van der Waals surface area contributed by atoms with Gasteiger partial charge in [0.2, 0.25) is 0 Å². The molecule has 2 nitrogen and oxygen atoms in total. The van der Waals surface area contributed by atoms with Crippen LogP contribution >= 0.6 is 16.3 Å². The van der Waals surface area contributed by atoms with Crippen molar-refractivity contribution in [2.45, 2.75) is 13.3 Å². The average molecular weight is 153 g/mol. The summed E-state index contributed by atoms with van der Waals surface area (Å²) in [5.41, 5.74) is 0. The van der Waals surface area contributed by atoms with Crippen LogP contribution in [-0.2, 0) is 8.62 Å². The van der Waals surface area contributed by atoms with Crippen LogP contribution < -0.4 is 0 Å². The van der Waals surface area contributed by atoms with Gasteiger partial charge < -0.3 is 3.83 Å². The molecule has 0 heterocycles. The molecule has 0 aromatic carbocycles. The summed E-state index contributed by atoms with van der Waals surface area (Å²) >= 11 is 2.53. The van der Waals surface area contributed by atoms with E-state index < -0.39 is 0 Å². The molecule has 0 amide bonds. The highest BCUT2D eigenvalue weighted by molar-refractivity contribution is 9.06. The van der Waals surface area contributed by atoms with Crippen molar-refractivity contribution in [3.05, 3.63) is 0 Å². The van der Waals surface area contributed by atoms with Gasteiger partial charge in [-0.25, -0.2) is 0 Å². The highest BCUT2D eigenvalue weighted by Gasteiger charge is 1.89. The van der Waals surface area contributed by atoms with E-state index in [2.05, 4.69) is 20.1 Å². The van der Waals surface area contributed by atoms with Crippen LogP contribution in [0, 0.1) is 0 Å². The monoisotopic (exact) mass is 152 g/mol. The Morgan fingerprint density at radius 2 is 2.50 bits per heavy atom. The second-order valence-electron chi connectivity index (χ2n) is 0.803. The summed E-state index contributed by atoms with van der Waals surface area (Å²) in [6.07, 6.45) is 0.422. The van der Waals surface area contributed by atoms with Crippen LogP contribution in [0.2, 0.25) is 0 Å². The Morgan fingerprint density at radius 3 is 2.50 bits per heavy atom. The van der Waals surface area contributed by atoms with Crippen LogP contribution in [0.25, 0.3) is 0 Å². The van der Waals surface area contributed by atoms with Crippen molar-refractivity contribution in [2.24, 2.45) is 0 Å². The van der Waals surface area contributed by atoms with Gasteiger partial charge in [-0.2, -0.15) is 0 Å². The fraction of sp³-hybridized carbons (Fsp3) is 0.667. The molecule has 0 N–H and O–H groups in total. The molecule has 0 bridgehead atoms. The maximum absolute atomic E-state index is 9.91. The first-order valence-corrected chi connectivity index (χ1v) is 2.27. The molecule has 0 saturated carbocycles. The van der Waals surface area contributed by atoms with Gasteiger partial charge in [0.25, 0.3) is 0 Å². The first-order valence-electron chi connectivity index (χ1n) is 1.62. The van der Waals surface area contributed by atoms with Crippen molar-refractivity contribution < 1.29 is 8.62 Å². The van der Waals surface area contributed by atoms with E-state index in [1.807, 2.05) is 0 Å². The summed E-state index contributed by atoms with van der Waals surface area (Å²) in [5, 5.41) is 0. The summed E-state index contributed by atoms with van der Waals surface area (Å²) in [5.74, 6) is -0.241. The van der Waals surface area contributed by atoms with Crippen molar-refractivity contribution in [2.75, 3.05) is 0 Å². The zero-order valence-electron chi connectivity index (χ0n) is 3.40. The van der Waals surface area contributed by atoms with Crippen LogP contribution in [-0.4, -0.2) is 5.97 Å². The second-order valence-corrected chi connectivity index (χ2v) is 1.13. The van der Waals surface area contributed by atoms with Crippen molar-refractivity contribution >= 4 is 22.2 Å². The fourth-order valence-electron chi connectivity index (χ4n) is 0.0546. The van der Waals surface area contributed by atoms with Gasteiger partial charge in [0, 0.05) is 6.42 Å².